The second-order valence-electron chi connectivity index (χ2n) is 4.24. The molecule has 0 fully saturated rings. The van der Waals surface area contributed by atoms with Gasteiger partial charge in [-0.3, -0.25) is 4.79 Å². The third kappa shape index (κ3) is 2.70. The van der Waals surface area contributed by atoms with Crippen molar-refractivity contribution in [1.29, 1.82) is 0 Å². The average Bonchev–Trinajstić information content (AvgIpc) is 2.47. The Bertz CT molecular complexity index is 835. The first kappa shape index (κ1) is 12.8. The first-order valence-corrected chi connectivity index (χ1v) is 6.85. The molecular weight excluding hydrogens is 318 g/mol. The summed E-state index contributed by atoms with van der Waals surface area (Å²) in [6.07, 6.45) is 3.55. The third-order valence-corrected chi connectivity index (χ3v) is 3.36. The van der Waals surface area contributed by atoms with Crippen LogP contribution in [0.4, 0.5) is 0 Å². The molecule has 3 rings (SSSR count). The molecule has 4 heteroatoms. The summed E-state index contributed by atoms with van der Waals surface area (Å²) in [7, 11) is 0. The molecule has 0 aliphatic carbocycles. The van der Waals surface area contributed by atoms with Crippen LogP contribution in [-0.2, 0) is 0 Å². The molecule has 3 nitrogen and oxygen atoms in total. The summed E-state index contributed by atoms with van der Waals surface area (Å²) in [5.74, 6) is 0.302. The third-order valence-electron chi connectivity index (χ3n) is 2.83. The van der Waals surface area contributed by atoms with Gasteiger partial charge in [0.25, 0.3) is 5.56 Å². The Morgan fingerprint density at radius 2 is 1.75 bits per heavy atom. The van der Waals surface area contributed by atoms with Gasteiger partial charge in [0.1, 0.15) is 5.58 Å². The van der Waals surface area contributed by atoms with Crippen molar-refractivity contribution >= 4 is 39.1 Å². The predicted octanol–water partition coefficient (Wildman–Crippen LogP) is 4.12. The van der Waals surface area contributed by atoms with Gasteiger partial charge in [0.15, 0.2) is 0 Å². The molecule has 0 N–H and O–H groups in total. The van der Waals surface area contributed by atoms with E-state index in [1.165, 1.54) is 0 Å². The Hall–Kier alpha value is -2.20. The van der Waals surface area contributed by atoms with Crippen LogP contribution >= 0.6 is 15.9 Å². The topological polar surface area (TPSA) is 43.1 Å². The van der Waals surface area contributed by atoms with Crippen LogP contribution in [0.2, 0.25) is 0 Å². The average molecular weight is 328 g/mol. The predicted molar refractivity (Wildman–Crippen MR) is 83.3 cm³/mol. The van der Waals surface area contributed by atoms with E-state index in [0.29, 0.717) is 16.9 Å². The van der Waals surface area contributed by atoms with E-state index in [0.717, 1.165) is 10.0 Å². The number of hydrogen-bond donors (Lipinski definition) is 0. The Morgan fingerprint density at radius 3 is 2.55 bits per heavy atom. The van der Waals surface area contributed by atoms with Crippen LogP contribution in [0, 0.1) is 0 Å². The highest BCUT2D eigenvalue weighted by Gasteiger charge is 2.02. The Morgan fingerprint density at radius 1 is 1.00 bits per heavy atom. The molecule has 98 valence electrons. The van der Waals surface area contributed by atoms with E-state index in [2.05, 4.69) is 20.9 Å². The van der Waals surface area contributed by atoms with Crippen LogP contribution in [0.1, 0.15) is 11.5 Å². The maximum absolute atomic E-state index is 11.8. The Kier molecular flexibility index (Phi) is 3.48. The Balaban J connectivity index is 1.98. The van der Waals surface area contributed by atoms with Crippen LogP contribution in [0.25, 0.3) is 23.1 Å². The second kappa shape index (κ2) is 5.43. The molecule has 1 aromatic heterocycles. The molecule has 3 aromatic rings. The zero-order valence-corrected chi connectivity index (χ0v) is 12.0. The smallest absolute Gasteiger partial charge is 0.284 e. The highest BCUT2D eigenvalue weighted by Crippen LogP contribution is 2.14. The minimum atomic E-state index is -0.276. The second-order valence-corrected chi connectivity index (χ2v) is 5.15. The zero-order valence-electron chi connectivity index (χ0n) is 10.4. The van der Waals surface area contributed by atoms with Gasteiger partial charge in [-0.05, 0) is 35.9 Å². The van der Waals surface area contributed by atoms with E-state index in [1.807, 2.05) is 36.4 Å². The molecular formula is C16H10BrNO2. The van der Waals surface area contributed by atoms with Crippen LogP contribution in [-0.4, -0.2) is 4.98 Å². The number of fused-ring (bicyclic) bond motifs is 1. The molecule has 0 unspecified atom stereocenters. The minimum absolute atomic E-state index is 0.276. The summed E-state index contributed by atoms with van der Waals surface area (Å²) in [5.41, 5.74) is 1.27. The van der Waals surface area contributed by atoms with E-state index < -0.39 is 0 Å². The molecule has 1 heterocycles. The molecule has 0 saturated heterocycles. The molecule has 0 aliphatic heterocycles. The number of para-hydroxylation sites is 1. The van der Waals surface area contributed by atoms with Gasteiger partial charge in [-0.1, -0.05) is 40.2 Å². The van der Waals surface area contributed by atoms with Gasteiger partial charge in [0.05, 0.1) is 5.39 Å². The lowest BCUT2D eigenvalue weighted by Gasteiger charge is -1.97. The SMILES string of the molecule is O=c1nc(/C=C/c2ccc(Br)cc2)oc2ccccc12. The fourth-order valence-electron chi connectivity index (χ4n) is 1.84. The lowest BCUT2D eigenvalue weighted by atomic mass is 10.2. The number of benzene rings is 2. The summed E-state index contributed by atoms with van der Waals surface area (Å²) in [6.45, 7) is 0. The molecule has 0 aliphatic rings. The van der Waals surface area contributed by atoms with Crippen LogP contribution < -0.4 is 5.56 Å². The maximum Gasteiger partial charge on any atom is 0.284 e. The molecule has 0 radical (unpaired) electrons. The molecule has 0 spiro atoms. The summed E-state index contributed by atoms with van der Waals surface area (Å²) in [5, 5.41) is 0.494. The standard InChI is InChI=1S/C16H10BrNO2/c17-12-8-5-11(6-9-12)7-10-15-18-16(19)13-3-1-2-4-14(13)20-15/h1-10H/b10-7+. The molecule has 0 atom stereocenters. The van der Waals surface area contributed by atoms with Crippen molar-refractivity contribution in [1.82, 2.24) is 4.98 Å². The van der Waals surface area contributed by atoms with Gasteiger partial charge in [-0.15, -0.1) is 0 Å². The van der Waals surface area contributed by atoms with Gasteiger partial charge >= 0.3 is 0 Å². The van der Waals surface area contributed by atoms with Gasteiger partial charge in [-0.2, -0.15) is 4.98 Å². The van der Waals surface area contributed by atoms with E-state index in [9.17, 15) is 4.79 Å². The fraction of sp³-hybridized carbons (Fsp3) is 0. The quantitative estimate of drug-likeness (QED) is 0.711. The van der Waals surface area contributed by atoms with Crippen molar-refractivity contribution in [3.63, 3.8) is 0 Å². The molecule has 0 amide bonds. The van der Waals surface area contributed by atoms with E-state index in [4.69, 9.17) is 4.42 Å². The van der Waals surface area contributed by atoms with Crippen molar-refractivity contribution < 1.29 is 4.42 Å². The molecule has 0 saturated carbocycles. The summed E-state index contributed by atoms with van der Waals surface area (Å²) >= 11 is 3.38. The first-order chi connectivity index (χ1) is 9.72. The van der Waals surface area contributed by atoms with Crippen LogP contribution in [0.5, 0.6) is 0 Å². The number of nitrogens with zero attached hydrogens (tertiary/aromatic N) is 1. The highest BCUT2D eigenvalue weighted by atomic mass is 79.9. The normalized spacial score (nSPS) is 11.2. The number of aromatic nitrogens is 1. The monoisotopic (exact) mass is 327 g/mol. The van der Waals surface area contributed by atoms with Gasteiger partial charge in [0.2, 0.25) is 5.89 Å². The van der Waals surface area contributed by atoms with Crippen molar-refractivity contribution in [2.24, 2.45) is 0 Å². The van der Waals surface area contributed by atoms with Crippen molar-refractivity contribution in [3.8, 4) is 0 Å². The first-order valence-electron chi connectivity index (χ1n) is 6.06. The fourth-order valence-corrected chi connectivity index (χ4v) is 2.11. The van der Waals surface area contributed by atoms with E-state index in [-0.39, 0.29) is 5.56 Å². The molecule has 0 bridgehead atoms. The van der Waals surface area contributed by atoms with Gasteiger partial charge in [0, 0.05) is 10.5 Å². The number of rotatable bonds is 2. The molecule has 20 heavy (non-hydrogen) atoms. The van der Waals surface area contributed by atoms with Crippen molar-refractivity contribution in [2.45, 2.75) is 0 Å². The van der Waals surface area contributed by atoms with Crippen molar-refractivity contribution in [3.05, 3.63) is 74.8 Å². The summed E-state index contributed by atoms with van der Waals surface area (Å²) < 4.78 is 6.60. The van der Waals surface area contributed by atoms with E-state index in [1.54, 1.807) is 24.3 Å². The van der Waals surface area contributed by atoms with Gasteiger partial charge in [-0.25, -0.2) is 0 Å². The van der Waals surface area contributed by atoms with Crippen LogP contribution in [0.3, 0.4) is 0 Å². The maximum atomic E-state index is 11.8. The lowest BCUT2D eigenvalue weighted by Crippen LogP contribution is -2.06. The zero-order chi connectivity index (χ0) is 13.9. The largest absolute Gasteiger partial charge is 0.438 e. The number of halogens is 1. The summed E-state index contributed by atoms with van der Waals surface area (Å²) in [4.78, 5) is 15.8. The van der Waals surface area contributed by atoms with E-state index >= 15 is 0 Å². The van der Waals surface area contributed by atoms with Crippen LogP contribution in [0.15, 0.2) is 62.2 Å². The highest BCUT2D eigenvalue weighted by molar-refractivity contribution is 9.10. The summed E-state index contributed by atoms with van der Waals surface area (Å²) in [6, 6.07) is 14.9. The molecule has 2 aromatic carbocycles. The van der Waals surface area contributed by atoms with Crippen molar-refractivity contribution in [2.75, 3.05) is 0 Å². The number of hydrogen-bond acceptors (Lipinski definition) is 3. The van der Waals surface area contributed by atoms with Gasteiger partial charge < -0.3 is 4.42 Å². The minimum Gasteiger partial charge on any atom is -0.438 e. The lowest BCUT2D eigenvalue weighted by molar-refractivity contribution is 0.563. The Labute approximate surface area is 123 Å².